The lowest BCUT2D eigenvalue weighted by molar-refractivity contribution is -0.136. The van der Waals surface area contributed by atoms with Crippen LogP contribution in [0.1, 0.15) is 17.7 Å². The Balaban J connectivity index is 2.05. The van der Waals surface area contributed by atoms with E-state index in [9.17, 15) is 13.2 Å². The molecule has 1 aliphatic rings. The average molecular weight is 333 g/mol. The Labute approximate surface area is 128 Å². The monoisotopic (exact) mass is 333 g/mol. The summed E-state index contributed by atoms with van der Waals surface area (Å²) in [7, 11) is -1.99. The van der Waals surface area contributed by atoms with Crippen LogP contribution in [0, 0.1) is 5.92 Å². The molecule has 1 saturated heterocycles. The van der Waals surface area contributed by atoms with Gasteiger partial charge in [-0.2, -0.15) is 4.31 Å². The summed E-state index contributed by atoms with van der Waals surface area (Å²) < 4.78 is 31.8. The van der Waals surface area contributed by atoms with Crippen LogP contribution < -0.4 is 0 Å². The summed E-state index contributed by atoms with van der Waals surface area (Å²) in [6.45, 7) is 1.76. The largest absolute Gasteiger partial charge is 0.481 e. The van der Waals surface area contributed by atoms with Crippen LogP contribution in [0.5, 0.6) is 0 Å². The molecule has 1 N–H and O–H groups in total. The fourth-order valence-corrected chi connectivity index (χ4v) is 5.11. The third kappa shape index (κ3) is 4.26. The lowest BCUT2D eigenvalue weighted by Gasteiger charge is -2.26. The zero-order valence-electron chi connectivity index (χ0n) is 11.8. The number of sulfonamides is 1. The maximum Gasteiger partial charge on any atom is 0.308 e. The Morgan fingerprint density at radius 2 is 2.29 bits per heavy atom. The van der Waals surface area contributed by atoms with Gasteiger partial charge in [0.05, 0.1) is 13.0 Å². The SMILES string of the molecule is CN(CC1CCCOC1)S(=O)(=O)c1ccc(CC(=O)O)s1. The van der Waals surface area contributed by atoms with Crippen LogP contribution in [0.4, 0.5) is 0 Å². The quantitative estimate of drug-likeness (QED) is 0.851. The van der Waals surface area contributed by atoms with Gasteiger partial charge < -0.3 is 9.84 Å². The molecule has 0 amide bonds. The predicted octanol–water partition coefficient (Wildman–Crippen LogP) is 1.42. The standard InChI is InChI=1S/C13H19NO5S2/c1-14(8-10-3-2-6-19-9-10)21(17,18)13-5-4-11(20-13)7-12(15)16/h4-5,10H,2-3,6-9H2,1H3,(H,15,16). The van der Waals surface area contributed by atoms with Crippen molar-refractivity contribution in [2.75, 3.05) is 26.8 Å². The third-order valence-electron chi connectivity index (χ3n) is 3.40. The second-order valence-electron chi connectivity index (χ2n) is 5.16. The summed E-state index contributed by atoms with van der Waals surface area (Å²) in [4.78, 5) is 11.2. The number of hydrogen-bond acceptors (Lipinski definition) is 5. The number of nitrogens with zero attached hydrogens (tertiary/aromatic N) is 1. The molecule has 0 radical (unpaired) electrons. The molecule has 2 heterocycles. The van der Waals surface area contributed by atoms with Crippen LogP contribution in [-0.4, -0.2) is 50.6 Å². The van der Waals surface area contributed by atoms with E-state index in [0.29, 0.717) is 18.0 Å². The van der Waals surface area contributed by atoms with E-state index in [-0.39, 0.29) is 16.5 Å². The Bertz CT molecular complexity index is 589. The first-order valence-electron chi connectivity index (χ1n) is 6.74. The van der Waals surface area contributed by atoms with E-state index in [2.05, 4.69) is 0 Å². The number of aliphatic carboxylic acids is 1. The molecule has 21 heavy (non-hydrogen) atoms. The van der Waals surface area contributed by atoms with Crippen molar-refractivity contribution >= 4 is 27.3 Å². The minimum Gasteiger partial charge on any atom is -0.481 e. The summed E-state index contributed by atoms with van der Waals surface area (Å²) in [6.07, 6.45) is 1.77. The highest BCUT2D eigenvalue weighted by Crippen LogP contribution is 2.26. The van der Waals surface area contributed by atoms with E-state index >= 15 is 0 Å². The highest BCUT2D eigenvalue weighted by molar-refractivity contribution is 7.91. The summed E-state index contributed by atoms with van der Waals surface area (Å²) in [5, 5.41) is 8.74. The molecular formula is C13H19NO5S2. The lowest BCUT2D eigenvalue weighted by atomic mass is 10.0. The van der Waals surface area contributed by atoms with Gasteiger partial charge in [-0.05, 0) is 30.9 Å². The number of thiophene rings is 1. The van der Waals surface area contributed by atoms with E-state index in [4.69, 9.17) is 9.84 Å². The normalized spacial score (nSPS) is 19.8. The maximum atomic E-state index is 12.5. The van der Waals surface area contributed by atoms with E-state index in [0.717, 1.165) is 30.8 Å². The highest BCUT2D eigenvalue weighted by atomic mass is 32.2. The van der Waals surface area contributed by atoms with Gasteiger partial charge in [0.25, 0.3) is 10.0 Å². The minimum atomic E-state index is -3.55. The number of hydrogen-bond donors (Lipinski definition) is 1. The molecule has 2 rings (SSSR count). The number of carboxylic acid groups (broad SMARTS) is 1. The predicted molar refractivity (Wildman–Crippen MR) is 79.0 cm³/mol. The second kappa shape index (κ2) is 6.87. The Kier molecular flexibility index (Phi) is 5.37. The summed E-state index contributed by atoms with van der Waals surface area (Å²) in [5.41, 5.74) is 0. The molecule has 0 aromatic carbocycles. The number of carbonyl (C=O) groups is 1. The fraction of sp³-hybridized carbons (Fsp3) is 0.615. The fourth-order valence-electron chi connectivity index (χ4n) is 2.31. The van der Waals surface area contributed by atoms with Crippen molar-refractivity contribution in [1.29, 1.82) is 0 Å². The molecular weight excluding hydrogens is 314 g/mol. The van der Waals surface area contributed by atoms with E-state index in [1.165, 1.54) is 10.4 Å². The van der Waals surface area contributed by atoms with Crippen molar-refractivity contribution in [3.63, 3.8) is 0 Å². The van der Waals surface area contributed by atoms with Crippen LogP contribution in [0.25, 0.3) is 0 Å². The van der Waals surface area contributed by atoms with Crippen molar-refractivity contribution in [2.45, 2.75) is 23.5 Å². The first kappa shape index (κ1) is 16.4. The first-order chi connectivity index (χ1) is 9.89. The van der Waals surface area contributed by atoms with Crippen molar-refractivity contribution < 1.29 is 23.1 Å². The molecule has 8 heteroatoms. The molecule has 6 nitrogen and oxygen atoms in total. The van der Waals surface area contributed by atoms with Gasteiger partial charge in [0, 0.05) is 25.1 Å². The highest BCUT2D eigenvalue weighted by Gasteiger charge is 2.26. The van der Waals surface area contributed by atoms with Gasteiger partial charge >= 0.3 is 5.97 Å². The molecule has 0 bridgehead atoms. The minimum absolute atomic E-state index is 0.152. The topological polar surface area (TPSA) is 83.9 Å². The molecule has 1 aromatic heterocycles. The third-order valence-corrected chi connectivity index (χ3v) is 6.77. The number of ether oxygens (including phenoxy) is 1. The number of rotatable bonds is 6. The molecule has 1 atom stereocenters. The van der Waals surface area contributed by atoms with Crippen molar-refractivity contribution in [1.82, 2.24) is 4.31 Å². The zero-order valence-corrected chi connectivity index (χ0v) is 13.5. The molecule has 1 unspecified atom stereocenters. The average Bonchev–Trinajstić information content (AvgIpc) is 2.88. The van der Waals surface area contributed by atoms with Crippen LogP contribution in [0.3, 0.4) is 0 Å². The van der Waals surface area contributed by atoms with Gasteiger partial charge in [-0.1, -0.05) is 0 Å². The van der Waals surface area contributed by atoms with Gasteiger partial charge in [0.15, 0.2) is 0 Å². The first-order valence-corrected chi connectivity index (χ1v) is 9.00. The lowest BCUT2D eigenvalue weighted by Crippen LogP contribution is -2.34. The van der Waals surface area contributed by atoms with E-state index in [1.54, 1.807) is 13.1 Å². The smallest absolute Gasteiger partial charge is 0.308 e. The van der Waals surface area contributed by atoms with Crippen molar-refractivity contribution in [3.8, 4) is 0 Å². The molecule has 118 valence electrons. The second-order valence-corrected chi connectivity index (χ2v) is 8.60. The van der Waals surface area contributed by atoms with Gasteiger partial charge in [0.1, 0.15) is 4.21 Å². The van der Waals surface area contributed by atoms with Crippen LogP contribution in [-0.2, 0) is 26.0 Å². The Morgan fingerprint density at radius 1 is 1.52 bits per heavy atom. The van der Waals surface area contributed by atoms with Gasteiger partial charge in [-0.15, -0.1) is 11.3 Å². The van der Waals surface area contributed by atoms with Crippen molar-refractivity contribution in [3.05, 3.63) is 17.0 Å². The van der Waals surface area contributed by atoms with Gasteiger partial charge in [0.2, 0.25) is 0 Å². The Hall–Kier alpha value is -0.960. The summed E-state index contributed by atoms with van der Waals surface area (Å²) in [6, 6.07) is 3.04. The van der Waals surface area contributed by atoms with Crippen LogP contribution in [0.15, 0.2) is 16.3 Å². The van der Waals surface area contributed by atoms with Gasteiger partial charge in [-0.3, -0.25) is 4.79 Å². The molecule has 1 aliphatic heterocycles. The van der Waals surface area contributed by atoms with Crippen LogP contribution >= 0.6 is 11.3 Å². The van der Waals surface area contributed by atoms with Crippen LogP contribution in [0.2, 0.25) is 0 Å². The molecule has 0 saturated carbocycles. The molecule has 0 aliphatic carbocycles. The Morgan fingerprint density at radius 3 is 2.90 bits per heavy atom. The van der Waals surface area contributed by atoms with Crippen molar-refractivity contribution in [2.24, 2.45) is 5.92 Å². The molecule has 0 spiro atoms. The van der Waals surface area contributed by atoms with E-state index in [1.807, 2.05) is 0 Å². The molecule has 1 aromatic rings. The zero-order chi connectivity index (χ0) is 15.5. The number of carboxylic acids is 1. The maximum absolute atomic E-state index is 12.5. The summed E-state index contributed by atoms with van der Waals surface area (Å²) in [5.74, 6) is -0.745. The summed E-state index contributed by atoms with van der Waals surface area (Å²) >= 11 is 1.02. The van der Waals surface area contributed by atoms with E-state index < -0.39 is 16.0 Å². The molecule has 1 fully saturated rings. The van der Waals surface area contributed by atoms with Gasteiger partial charge in [-0.25, -0.2) is 8.42 Å².